The number of amides is 1. The number of rotatable bonds is 3. The quantitative estimate of drug-likeness (QED) is 0.724. The van der Waals surface area contributed by atoms with E-state index in [1.807, 2.05) is 36.6 Å². The van der Waals surface area contributed by atoms with Gasteiger partial charge in [0.05, 0.1) is 21.8 Å². The number of carbonyl (C=O) groups excluding carboxylic acids is 1. The maximum atomic E-state index is 12.4. The Morgan fingerprint density at radius 3 is 3.00 bits per heavy atom. The first-order chi connectivity index (χ1) is 10.2. The van der Waals surface area contributed by atoms with E-state index in [1.165, 1.54) is 11.3 Å². The second-order valence-corrected chi connectivity index (χ2v) is 5.60. The van der Waals surface area contributed by atoms with Crippen LogP contribution in [0.3, 0.4) is 0 Å². The van der Waals surface area contributed by atoms with Crippen molar-refractivity contribution in [2.75, 3.05) is 11.1 Å². The van der Waals surface area contributed by atoms with Crippen LogP contribution < -0.4 is 11.1 Å². The number of nitrogens with zero attached hydrogens (tertiary/aromatic N) is 1. The van der Waals surface area contributed by atoms with Crippen LogP contribution in [-0.2, 0) is 6.42 Å². The molecule has 0 unspecified atom stereocenters. The third kappa shape index (κ3) is 2.48. The minimum atomic E-state index is -0.0863. The van der Waals surface area contributed by atoms with E-state index >= 15 is 0 Å². The molecule has 0 saturated heterocycles. The number of hydrogen-bond donors (Lipinski definition) is 2. The highest BCUT2D eigenvalue weighted by atomic mass is 32.1. The van der Waals surface area contributed by atoms with Crippen LogP contribution in [0.4, 0.5) is 11.4 Å². The normalized spacial score (nSPS) is 10.7. The number of nitrogens with two attached hydrogens (primary N) is 1. The molecule has 4 nitrogen and oxygen atoms in total. The second kappa shape index (κ2) is 5.54. The Balaban J connectivity index is 1.99. The highest BCUT2D eigenvalue weighted by Crippen LogP contribution is 2.27. The first kappa shape index (κ1) is 13.6. The van der Waals surface area contributed by atoms with E-state index in [1.54, 1.807) is 12.3 Å². The van der Waals surface area contributed by atoms with Gasteiger partial charge >= 0.3 is 0 Å². The van der Waals surface area contributed by atoms with Crippen molar-refractivity contribution in [3.05, 3.63) is 52.3 Å². The molecule has 0 spiro atoms. The van der Waals surface area contributed by atoms with Crippen LogP contribution in [0.25, 0.3) is 10.9 Å². The zero-order valence-electron chi connectivity index (χ0n) is 11.6. The number of pyridine rings is 1. The average molecular weight is 297 g/mol. The summed E-state index contributed by atoms with van der Waals surface area (Å²) in [7, 11) is 0. The van der Waals surface area contributed by atoms with Gasteiger partial charge in [0.15, 0.2) is 0 Å². The highest BCUT2D eigenvalue weighted by Gasteiger charge is 2.14. The Kier molecular flexibility index (Phi) is 3.58. The van der Waals surface area contributed by atoms with Gasteiger partial charge in [-0.2, -0.15) is 0 Å². The number of aromatic nitrogens is 1. The van der Waals surface area contributed by atoms with E-state index in [2.05, 4.69) is 10.3 Å². The van der Waals surface area contributed by atoms with Crippen molar-refractivity contribution in [2.45, 2.75) is 13.3 Å². The Morgan fingerprint density at radius 2 is 2.19 bits per heavy atom. The smallest absolute Gasteiger partial charge is 0.266 e. The Labute approximate surface area is 126 Å². The summed E-state index contributed by atoms with van der Waals surface area (Å²) in [6.07, 6.45) is 2.54. The van der Waals surface area contributed by atoms with Crippen LogP contribution in [0.15, 0.2) is 41.9 Å². The number of fused-ring (bicyclic) bond motifs is 1. The van der Waals surface area contributed by atoms with Gasteiger partial charge < -0.3 is 11.1 Å². The predicted octanol–water partition coefficient (Wildman–Crippen LogP) is 3.69. The van der Waals surface area contributed by atoms with E-state index in [-0.39, 0.29) is 5.91 Å². The second-order valence-electron chi connectivity index (χ2n) is 4.68. The van der Waals surface area contributed by atoms with Crippen LogP contribution in [0.2, 0.25) is 0 Å². The Morgan fingerprint density at radius 1 is 1.33 bits per heavy atom. The molecule has 3 aromatic rings. The molecule has 0 atom stereocenters. The van der Waals surface area contributed by atoms with Gasteiger partial charge in [0, 0.05) is 11.6 Å². The molecule has 1 amide bonds. The number of benzene rings is 1. The van der Waals surface area contributed by atoms with Gasteiger partial charge in [-0.3, -0.25) is 9.78 Å². The first-order valence-corrected chi connectivity index (χ1v) is 7.59. The lowest BCUT2D eigenvalue weighted by molar-refractivity contribution is 0.103. The number of nitrogens with one attached hydrogen (secondary N) is 1. The van der Waals surface area contributed by atoms with Crippen LogP contribution in [-0.4, -0.2) is 10.9 Å². The highest BCUT2D eigenvalue weighted by molar-refractivity contribution is 7.12. The first-order valence-electron chi connectivity index (χ1n) is 6.71. The summed E-state index contributed by atoms with van der Waals surface area (Å²) in [5.41, 5.74) is 9.03. The zero-order chi connectivity index (χ0) is 14.8. The minimum absolute atomic E-state index is 0.0863. The molecule has 0 radical (unpaired) electrons. The largest absolute Gasteiger partial charge is 0.397 e. The molecular formula is C16H15N3OS. The minimum Gasteiger partial charge on any atom is -0.397 e. The molecule has 3 rings (SSSR count). The van der Waals surface area contributed by atoms with E-state index < -0.39 is 0 Å². The fourth-order valence-electron chi connectivity index (χ4n) is 2.30. The average Bonchev–Trinajstić information content (AvgIpc) is 2.99. The van der Waals surface area contributed by atoms with Crippen molar-refractivity contribution in [2.24, 2.45) is 0 Å². The molecule has 0 aliphatic carbocycles. The summed E-state index contributed by atoms with van der Waals surface area (Å²) < 4.78 is 0. The lowest BCUT2D eigenvalue weighted by atomic mass is 10.1. The summed E-state index contributed by atoms with van der Waals surface area (Å²) in [6.45, 7) is 2.04. The summed E-state index contributed by atoms with van der Waals surface area (Å²) in [5, 5.41) is 5.75. The van der Waals surface area contributed by atoms with Gasteiger partial charge in [-0.25, -0.2) is 0 Å². The molecule has 1 aromatic carbocycles. The standard InChI is InChI=1S/C16H15N3OS/c1-2-10-7-9-21-15(10)16(20)19-13-6-5-12(17)14-11(13)4-3-8-18-14/h3-9H,2,17H2,1H3,(H,19,20). The maximum absolute atomic E-state index is 12.4. The third-order valence-electron chi connectivity index (χ3n) is 3.38. The van der Waals surface area contributed by atoms with Gasteiger partial charge in [-0.15, -0.1) is 11.3 Å². The Hall–Kier alpha value is -2.40. The van der Waals surface area contributed by atoms with Crippen LogP contribution in [0.5, 0.6) is 0 Å². The molecule has 3 N–H and O–H groups in total. The molecular weight excluding hydrogens is 282 g/mol. The van der Waals surface area contributed by atoms with Crippen molar-refractivity contribution in [3.8, 4) is 0 Å². The zero-order valence-corrected chi connectivity index (χ0v) is 12.4. The molecule has 21 heavy (non-hydrogen) atoms. The molecule has 0 saturated carbocycles. The van der Waals surface area contributed by atoms with Crippen LogP contribution >= 0.6 is 11.3 Å². The van der Waals surface area contributed by atoms with E-state index in [0.29, 0.717) is 11.2 Å². The summed E-state index contributed by atoms with van der Waals surface area (Å²) in [5.74, 6) is -0.0863. The molecule has 0 aliphatic heterocycles. The van der Waals surface area contributed by atoms with Crippen LogP contribution in [0.1, 0.15) is 22.2 Å². The summed E-state index contributed by atoms with van der Waals surface area (Å²) in [4.78, 5) is 17.5. The number of nitrogen functional groups attached to an aromatic ring is 1. The maximum Gasteiger partial charge on any atom is 0.266 e. The predicted molar refractivity (Wildman–Crippen MR) is 87.8 cm³/mol. The lowest BCUT2D eigenvalue weighted by Crippen LogP contribution is -2.12. The van der Waals surface area contributed by atoms with Crippen molar-refractivity contribution in [3.63, 3.8) is 0 Å². The van der Waals surface area contributed by atoms with Gasteiger partial charge in [0.2, 0.25) is 0 Å². The van der Waals surface area contributed by atoms with E-state index in [9.17, 15) is 4.79 Å². The monoisotopic (exact) mass is 297 g/mol. The van der Waals surface area contributed by atoms with E-state index in [0.717, 1.165) is 27.9 Å². The number of aryl methyl sites for hydroxylation is 1. The topological polar surface area (TPSA) is 68.0 Å². The van der Waals surface area contributed by atoms with Crippen molar-refractivity contribution < 1.29 is 4.79 Å². The molecule has 106 valence electrons. The number of hydrogen-bond acceptors (Lipinski definition) is 4. The van der Waals surface area contributed by atoms with Crippen molar-refractivity contribution >= 4 is 39.5 Å². The summed E-state index contributed by atoms with van der Waals surface area (Å²) >= 11 is 1.46. The molecule has 2 heterocycles. The van der Waals surface area contributed by atoms with Gasteiger partial charge in [-0.1, -0.05) is 6.92 Å². The fourth-order valence-corrected chi connectivity index (χ4v) is 3.19. The number of anilines is 2. The number of carbonyl (C=O) groups is 1. The van der Waals surface area contributed by atoms with Crippen molar-refractivity contribution in [1.82, 2.24) is 4.98 Å². The molecule has 5 heteroatoms. The van der Waals surface area contributed by atoms with Gasteiger partial charge in [-0.05, 0) is 47.7 Å². The summed E-state index contributed by atoms with van der Waals surface area (Å²) in [6, 6.07) is 9.31. The SMILES string of the molecule is CCc1ccsc1C(=O)Nc1ccc(N)c2ncccc12. The molecule has 2 aromatic heterocycles. The van der Waals surface area contributed by atoms with Crippen molar-refractivity contribution in [1.29, 1.82) is 0 Å². The Bertz CT molecular complexity index is 810. The fraction of sp³-hybridized carbons (Fsp3) is 0.125. The molecule has 0 aliphatic rings. The third-order valence-corrected chi connectivity index (χ3v) is 4.34. The van der Waals surface area contributed by atoms with Crippen LogP contribution in [0, 0.1) is 0 Å². The van der Waals surface area contributed by atoms with Gasteiger partial charge in [0.25, 0.3) is 5.91 Å². The molecule has 0 fully saturated rings. The van der Waals surface area contributed by atoms with E-state index in [4.69, 9.17) is 5.73 Å². The number of thiophene rings is 1. The van der Waals surface area contributed by atoms with Gasteiger partial charge in [0.1, 0.15) is 0 Å². The lowest BCUT2D eigenvalue weighted by Gasteiger charge is -2.10. The molecule has 0 bridgehead atoms.